The summed E-state index contributed by atoms with van der Waals surface area (Å²) in [4.78, 5) is 4.36. The van der Waals surface area contributed by atoms with Gasteiger partial charge in [0.05, 0.1) is 5.52 Å². The first-order chi connectivity index (χ1) is 8.77. The Balaban J connectivity index is 1.91. The van der Waals surface area contributed by atoms with E-state index in [1.54, 1.807) is 0 Å². The SMILES string of the molecule is NC(O)CCCCCc1ccnc2ccccc12. The van der Waals surface area contributed by atoms with Gasteiger partial charge in [0.15, 0.2) is 0 Å². The van der Waals surface area contributed by atoms with E-state index >= 15 is 0 Å². The fourth-order valence-electron chi connectivity index (χ4n) is 2.22. The normalized spacial score (nSPS) is 12.8. The summed E-state index contributed by atoms with van der Waals surface area (Å²) in [6, 6.07) is 10.3. The van der Waals surface area contributed by atoms with Gasteiger partial charge in [0.25, 0.3) is 0 Å². The molecular formula is C15H20N2O. The first-order valence-corrected chi connectivity index (χ1v) is 6.53. The average Bonchev–Trinajstić information content (AvgIpc) is 2.38. The highest BCUT2D eigenvalue weighted by Crippen LogP contribution is 2.18. The zero-order chi connectivity index (χ0) is 12.8. The van der Waals surface area contributed by atoms with Crippen LogP contribution in [0.25, 0.3) is 10.9 Å². The molecule has 2 rings (SSSR count). The van der Waals surface area contributed by atoms with Crippen LogP contribution in [0, 0.1) is 0 Å². The minimum absolute atomic E-state index is 0.660. The van der Waals surface area contributed by atoms with Gasteiger partial charge < -0.3 is 10.8 Å². The summed E-state index contributed by atoms with van der Waals surface area (Å²) in [6.07, 6.45) is 6.18. The van der Waals surface area contributed by atoms with Crippen molar-refractivity contribution in [3.8, 4) is 0 Å². The number of unbranched alkanes of at least 4 members (excludes halogenated alkanes) is 2. The molecular weight excluding hydrogens is 224 g/mol. The van der Waals surface area contributed by atoms with Crippen molar-refractivity contribution in [3.05, 3.63) is 42.1 Å². The van der Waals surface area contributed by atoms with E-state index in [0.717, 1.165) is 31.2 Å². The molecule has 3 nitrogen and oxygen atoms in total. The van der Waals surface area contributed by atoms with Gasteiger partial charge in [-0.25, -0.2) is 0 Å². The molecule has 0 aliphatic carbocycles. The molecule has 3 N–H and O–H groups in total. The minimum Gasteiger partial charge on any atom is -0.379 e. The zero-order valence-electron chi connectivity index (χ0n) is 10.5. The van der Waals surface area contributed by atoms with Crippen molar-refractivity contribution < 1.29 is 5.11 Å². The number of nitrogens with zero attached hydrogens (tertiary/aromatic N) is 1. The quantitative estimate of drug-likeness (QED) is 0.606. The first kappa shape index (κ1) is 13.0. The molecule has 0 radical (unpaired) electrons. The second-order valence-corrected chi connectivity index (χ2v) is 4.65. The van der Waals surface area contributed by atoms with E-state index in [0.29, 0.717) is 6.42 Å². The van der Waals surface area contributed by atoms with Crippen molar-refractivity contribution in [1.82, 2.24) is 4.98 Å². The number of fused-ring (bicyclic) bond motifs is 1. The fourth-order valence-corrected chi connectivity index (χ4v) is 2.22. The van der Waals surface area contributed by atoms with Gasteiger partial charge in [-0.1, -0.05) is 24.6 Å². The van der Waals surface area contributed by atoms with Crippen LogP contribution in [0.1, 0.15) is 31.2 Å². The number of aryl methyl sites for hydroxylation is 1. The van der Waals surface area contributed by atoms with Crippen LogP contribution in [0.3, 0.4) is 0 Å². The largest absolute Gasteiger partial charge is 0.379 e. The lowest BCUT2D eigenvalue weighted by Gasteiger charge is -2.06. The van der Waals surface area contributed by atoms with E-state index in [-0.39, 0.29) is 0 Å². The fraction of sp³-hybridized carbons (Fsp3) is 0.400. The number of rotatable bonds is 6. The van der Waals surface area contributed by atoms with E-state index in [1.807, 2.05) is 18.3 Å². The lowest BCUT2D eigenvalue weighted by atomic mass is 10.0. The Hall–Kier alpha value is -1.45. The van der Waals surface area contributed by atoms with Crippen molar-refractivity contribution in [2.45, 2.75) is 38.3 Å². The second kappa shape index (κ2) is 6.47. The van der Waals surface area contributed by atoms with Gasteiger partial charge in [-0.05, 0) is 43.4 Å². The number of aliphatic hydroxyl groups is 1. The number of aliphatic hydroxyl groups excluding tert-OH is 1. The lowest BCUT2D eigenvalue weighted by molar-refractivity contribution is 0.168. The molecule has 0 amide bonds. The molecule has 3 heteroatoms. The molecule has 0 saturated heterocycles. The van der Waals surface area contributed by atoms with Crippen molar-refractivity contribution >= 4 is 10.9 Å². The lowest BCUT2D eigenvalue weighted by Crippen LogP contribution is -2.17. The van der Waals surface area contributed by atoms with Crippen LogP contribution in [-0.4, -0.2) is 16.3 Å². The summed E-state index contributed by atoms with van der Waals surface area (Å²) >= 11 is 0. The number of para-hydroxylation sites is 1. The minimum atomic E-state index is -0.660. The van der Waals surface area contributed by atoms with Gasteiger partial charge in [0.1, 0.15) is 6.23 Å². The maximum atomic E-state index is 8.98. The Bertz CT molecular complexity index is 491. The maximum Gasteiger partial charge on any atom is 0.102 e. The average molecular weight is 244 g/mol. The zero-order valence-corrected chi connectivity index (χ0v) is 10.5. The highest BCUT2D eigenvalue weighted by atomic mass is 16.3. The third-order valence-corrected chi connectivity index (χ3v) is 3.19. The number of pyridine rings is 1. The van der Waals surface area contributed by atoms with Crippen LogP contribution in [0.4, 0.5) is 0 Å². The van der Waals surface area contributed by atoms with Crippen molar-refractivity contribution in [1.29, 1.82) is 0 Å². The maximum absolute atomic E-state index is 8.98. The Morgan fingerprint density at radius 1 is 1.11 bits per heavy atom. The summed E-state index contributed by atoms with van der Waals surface area (Å²) < 4.78 is 0. The smallest absolute Gasteiger partial charge is 0.102 e. The van der Waals surface area contributed by atoms with E-state index in [2.05, 4.69) is 23.2 Å². The van der Waals surface area contributed by atoms with Crippen LogP contribution >= 0.6 is 0 Å². The summed E-state index contributed by atoms with van der Waals surface area (Å²) in [6.45, 7) is 0. The summed E-state index contributed by atoms with van der Waals surface area (Å²) in [5, 5.41) is 10.2. The topological polar surface area (TPSA) is 59.1 Å². The van der Waals surface area contributed by atoms with E-state index in [1.165, 1.54) is 10.9 Å². The van der Waals surface area contributed by atoms with E-state index in [4.69, 9.17) is 10.8 Å². The molecule has 1 atom stereocenters. The monoisotopic (exact) mass is 244 g/mol. The Labute approximate surface area is 108 Å². The molecule has 18 heavy (non-hydrogen) atoms. The van der Waals surface area contributed by atoms with Crippen molar-refractivity contribution in [2.75, 3.05) is 0 Å². The molecule has 0 fully saturated rings. The Morgan fingerprint density at radius 2 is 1.94 bits per heavy atom. The molecule has 0 saturated carbocycles. The van der Waals surface area contributed by atoms with Gasteiger partial charge in [-0.3, -0.25) is 4.98 Å². The molecule has 1 heterocycles. The molecule has 0 spiro atoms. The van der Waals surface area contributed by atoms with Gasteiger partial charge in [-0.15, -0.1) is 0 Å². The molecule has 2 aromatic rings. The van der Waals surface area contributed by atoms with E-state index in [9.17, 15) is 0 Å². The number of aromatic nitrogens is 1. The van der Waals surface area contributed by atoms with Gasteiger partial charge in [0.2, 0.25) is 0 Å². The Kier molecular flexibility index (Phi) is 4.67. The molecule has 0 bridgehead atoms. The molecule has 1 unspecified atom stereocenters. The highest BCUT2D eigenvalue weighted by molar-refractivity contribution is 5.81. The molecule has 1 aromatic carbocycles. The molecule has 0 aliphatic heterocycles. The van der Waals surface area contributed by atoms with Crippen molar-refractivity contribution in [3.63, 3.8) is 0 Å². The van der Waals surface area contributed by atoms with Gasteiger partial charge >= 0.3 is 0 Å². The Morgan fingerprint density at radius 3 is 2.78 bits per heavy atom. The van der Waals surface area contributed by atoms with Gasteiger partial charge in [0, 0.05) is 11.6 Å². The van der Waals surface area contributed by atoms with Gasteiger partial charge in [-0.2, -0.15) is 0 Å². The third-order valence-electron chi connectivity index (χ3n) is 3.19. The predicted molar refractivity (Wildman–Crippen MR) is 74.1 cm³/mol. The standard InChI is InChI=1S/C15H20N2O/c16-15(18)9-3-1-2-6-12-10-11-17-14-8-5-4-7-13(12)14/h4-5,7-8,10-11,15,18H,1-3,6,9,16H2. The van der Waals surface area contributed by atoms with Crippen molar-refractivity contribution in [2.24, 2.45) is 5.73 Å². The number of benzene rings is 1. The number of hydrogen-bond acceptors (Lipinski definition) is 3. The van der Waals surface area contributed by atoms with Crippen LogP contribution in [-0.2, 0) is 6.42 Å². The van der Waals surface area contributed by atoms with E-state index < -0.39 is 6.23 Å². The molecule has 96 valence electrons. The summed E-state index contributed by atoms with van der Waals surface area (Å²) in [7, 11) is 0. The third kappa shape index (κ3) is 3.52. The first-order valence-electron chi connectivity index (χ1n) is 6.53. The van der Waals surface area contributed by atoms with Crippen LogP contribution in [0.2, 0.25) is 0 Å². The summed E-state index contributed by atoms with van der Waals surface area (Å²) in [5.41, 5.74) is 7.73. The number of nitrogens with two attached hydrogens (primary N) is 1. The molecule has 0 aliphatic rings. The van der Waals surface area contributed by atoms with Crippen LogP contribution in [0.15, 0.2) is 36.5 Å². The number of hydrogen-bond donors (Lipinski definition) is 2. The molecule has 1 aromatic heterocycles. The second-order valence-electron chi connectivity index (χ2n) is 4.65. The van der Waals surface area contributed by atoms with Crippen LogP contribution < -0.4 is 5.73 Å². The predicted octanol–water partition coefficient (Wildman–Crippen LogP) is 2.61. The highest BCUT2D eigenvalue weighted by Gasteiger charge is 2.01. The van der Waals surface area contributed by atoms with Crippen LogP contribution in [0.5, 0.6) is 0 Å². The summed E-state index contributed by atoms with van der Waals surface area (Å²) in [5.74, 6) is 0.